The largest absolute Gasteiger partial charge is 0.486 e. The fourth-order valence-electron chi connectivity index (χ4n) is 2.39. The lowest BCUT2D eigenvalue weighted by Crippen LogP contribution is -2.26. The number of nitrogens with one attached hydrogen (secondary N) is 1. The molecule has 6 nitrogen and oxygen atoms in total. The zero-order chi connectivity index (χ0) is 18.5. The lowest BCUT2D eigenvalue weighted by molar-refractivity contribution is 0.0907. The number of amides is 1. The molecule has 7 heteroatoms. The van der Waals surface area contributed by atoms with Gasteiger partial charge in [0, 0.05) is 17.8 Å². The second-order valence-corrected chi connectivity index (χ2v) is 6.24. The molecule has 3 rings (SSSR count). The smallest absolute Gasteiger partial charge is 0.287 e. The molecule has 1 aromatic carbocycles. The van der Waals surface area contributed by atoms with E-state index in [1.54, 1.807) is 36.4 Å². The van der Waals surface area contributed by atoms with Crippen molar-refractivity contribution < 1.29 is 13.9 Å². The SMILES string of the molecule is CCn1ccc(C(C)NC(=O)c2ccc(COc3ccc(Cl)cc3)o2)n1. The number of carbonyl (C=O) groups is 1. The second kappa shape index (κ2) is 8.10. The van der Waals surface area contributed by atoms with E-state index < -0.39 is 0 Å². The number of halogens is 1. The van der Waals surface area contributed by atoms with Gasteiger partial charge in [0.25, 0.3) is 5.91 Å². The topological polar surface area (TPSA) is 69.3 Å². The molecule has 2 aromatic heterocycles. The van der Waals surface area contributed by atoms with E-state index in [2.05, 4.69) is 10.4 Å². The first kappa shape index (κ1) is 18.1. The van der Waals surface area contributed by atoms with Crippen LogP contribution in [0.5, 0.6) is 5.75 Å². The molecule has 0 spiro atoms. The van der Waals surface area contributed by atoms with Crippen molar-refractivity contribution >= 4 is 17.5 Å². The number of carbonyl (C=O) groups excluding carboxylic acids is 1. The number of ether oxygens (including phenoxy) is 1. The third kappa shape index (κ3) is 4.46. The lowest BCUT2D eigenvalue weighted by atomic mass is 10.2. The van der Waals surface area contributed by atoms with E-state index in [-0.39, 0.29) is 24.3 Å². The minimum absolute atomic E-state index is 0.214. The summed E-state index contributed by atoms with van der Waals surface area (Å²) in [6, 6.07) is 12.1. The van der Waals surface area contributed by atoms with Crippen molar-refractivity contribution in [2.24, 2.45) is 0 Å². The lowest BCUT2D eigenvalue weighted by Gasteiger charge is -2.10. The fraction of sp³-hybridized carbons (Fsp3) is 0.263. The Morgan fingerprint density at radius 2 is 2.04 bits per heavy atom. The Morgan fingerprint density at radius 1 is 1.27 bits per heavy atom. The summed E-state index contributed by atoms with van der Waals surface area (Å²) in [5.41, 5.74) is 0.804. The summed E-state index contributed by atoms with van der Waals surface area (Å²) >= 11 is 5.84. The van der Waals surface area contributed by atoms with E-state index >= 15 is 0 Å². The van der Waals surface area contributed by atoms with Gasteiger partial charge in [-0.1, -0.05) is 11.6 Å². The van der Waals surface area contributed by atoms with Crippen molar-refractivity contribution in [2.45, 2.75) is 33.0 Å². The van der Waals surface area contributed by atoms with Crippen LogP contribution in [0.25, 0.3) is 0 Å². The van der Waals surface area contributed by atoms with Gasteiger partial charge < -0.3 is 14.5 Å². The quantitative estimate of drug-likeness (QED) is 0.673. The Labute approximate surface area is 156 Å². The number of nitrogens with zero attached hydrogens (tertiary/aromatic N) is 2. The predicted molar refractivity (Wildman–Crippen MR) is 98.3 cm³/mol. The van der Waals surface area contributed by atoms with Crippen LogP contribution in [0.1, 0.15) is 41.9 Å². The highest BCUT2D eigenvalue weighted by atomic mass is 35.5. The van der Waals surface area contributed by atoms with Crippen LogP contribution in [0.3, 0.4) is 0 Å². The maximum atomic E-state index is 12.3. The Balaban J connectivity index is 1.56. The van der Waals surface area contributed by atoms with Crippen LogP contribution >= 0.6 is 11.6 Å². The summed E-state index contributed by atoms with van der Waals surface area (Å²) in [5, 5.41) is 7.92. The van der Waals surface area contributed by atoms with Crippen molar-refractivity contribution in [3.63, 3.8) is 0 Å². The average Bonchev–Trinajstić information content (AvgIpc) is 3.30. The summed E-state index contributed by atoms with van der Waals surface area (Å²) in [6.07, 6.45) is 1.89. The third-order valence-corrected chi connectivity index (χ3v) is 4.11. The Bertz CT molecular complexity index is 870. The van der Waals surface area contributed by atoms with E-state index in [0.717, 1.165) is 12.2 Å². The number of benzene rings is 1. The molecule has 0 fully saturated rings. The maximum Gasteiger partial charge on any atom is 0.287 e. The maximum absolute atomic E-state index is 12.3. The Morgan fingerprint density at radius 3 is 2.73 bits per heavy atom. The van der Waals surface area contributed by atoms with Gasteiger partial charge in [0.2, 0.25) is 0 Å². The van der Waals surface area contributed by atoms with Crippen LogP contribution in [0, 0.1) is 0 Å². The Kier molecular flexibility index (Phi) is 5.63. The first-order valence-corrected chi connectivity index (χ1v) is 8.74. The zero-order valence-corrected chi connectivity index (χ0v) is 15.4. The van der Waals surface area contributed by atoms with E-state index in [4.69, 9.17) is 20.8 Å². The molecule has 2 heterocycles. The third-order valence-electron chi connectivity index (χ3n) is 3.86. The highest BCUT2D eigenvalue weighted by molar-refractivity contribution is 6.30. The molecule has 26 heavy (non-hydrogen) atoms. The number of aromatic nitrogens is 2. The van der Waals surface area contributed by atoms with E-state index in [0.29, 0.717) is 16.5 Å². The molecule has 0 aliphatic rings. The average molecular weight is 374 g/mol. The van der Waals surface area contributed by atoms with Crippen LogP contribution < -0.4 is 10.1 Å². The molecular weight excluding hydrogens is 354 g/mol. The number of hydrogen-bond acceptors (Lipinski definition) is 4. The van der Waals surface area contributed by atoms with E-state index in [9.17, 15) is 4.79 Å². The van der Waals surface area contributed by atoms with Gasteiger partial charge in [-0.15, -0.1) is 0 Å². The van der Waals surface area contributed by atoms with Crippen LogP contribution in [0.4, 0.5) is 0 Å². The number of hydrogen-bond donors (Lipinski definition) is 1. The normalized spacial score (nSPS) is 12.0. The molecule has 1 N–H and O–H groups in total. The molecule has 136 valence electrons. The highest BCUT2D eigenvalue weighted by Gasteiger charge is 2.16. The van der Waals surface area contributed by atoms with Gasteiger partial charge in [-0.05, 0) is 56.3 Å². The summed E-state index contributed by atoms with van der Waals surface area (Å²) in [4.78, 5) is 12.3. The summed E-state index contributed by atoms with van der Waals surface area (Å²) in [6.45, 7) is 4.91. The van der Waals surface area contributed by atoms with E-state index in [1.807, 2.05) is 30.8 Å². The molecule has 0 aliphatic heterocycles. The molecule has 0 radical (unpaired) electrons. The van der Waals surface area contributed by atoms with Gasteiger partial charge >= 0.3 is 0 Å². The van der Waals surface area contributed by atoms with Crippen molar-refractivity contribution in [2.75, 3.05) is 0 Å². The van der Waals surface area contributed by atoms with E-state index in [1.165, 1.54) is 0 Å². The molecule has 0 saturated carbocycles. The number of aryl methyl sites for hydroxylation is 1. The van der Waals surface area contributed by atoms with Gasteiger partial charge in [-0.25, -0.2) is 0 Å². The van der Waals surface area contributed by atoms with Crippen molar-refractivity contribution in [3.05, 3.63) is 70.9 Å². The van der Waals surface area contributed by atoms with Crippen molar-refractivity contribution in [3.8, 4) is 5.75 Å². The molecular formula is C19H20ClN3O3. The highest BCUT2D eigenvalue weighted by Crippen LogP contribution is 2.18. The number of furan rings is 1. The van der Waals surface area contributed by atoms with Gasteiger partial charge in [-0.2, -0.15) is 5.10 Å². The minimum Gasteiger partial charge on any atom is -0.486 e. The predicted octanol–water partition coefficient (Wildman–Crippen LogP) is 4.22. The Hall–Kier alpha value is -2.73. The first-order valence-electron chi connectivity index (χ1n) is 8.36. The van der Waals surface area contributed by atoms with Gasteiger partial charge in [0.1, 0.15) is 18.1 Å². The van der Waals surface area contributed by atoms with Crippen LogP contribution in [-0.2, 0) is 13.2 Å². The molecule has 1 unspecified atom stereocenters. The van der Waals surface area contributed by atoms with Crippen LogP contribution in [0.2, 0.25) is 5.02 Å². The molecule has 0 aliphatic carbocycles. The van der Waals surface area contributed by atoms with Crippen LogP contribution in [-0.4, -0.2) is 15.7 Å². The molecule has 3 aromatic rings. The van der Waals surface area contributed by atoms with Crippen LogP contribution in [0.15, 0.2) is 53.1 Å². The summed E-state index contributed by atoms with van der Waals surface area (Å²) in [7, 11) is 0. The summed E-state index contributed by atoms with van der Waals surface area (Å²) in [5.74, 6) is 1.19. The summed E-state index contributed by atoms with van der Waals surface area (Å²) < 4.78 is 13.0. The first-order chi connectivity index (χ1) is 12.5. The fourth-order valence-corrected chi connectivity index (χ4v) is 2.51. The second-order valence-electron chi connectivity index (χ2n) is 5.80. The minimum atomic E-state index is -0.290. The molecule has 0 saturated heterocycles. The molecule has 1 amide bonds. The molecule has 0 bridgehead atoms. The number of rotatable bonds is 7. The van der Waals surface area contributed by atoms with Gasteiger partial charge in [0.15, 0.2) is 5.76 Å². The molecule has 1 atom stereocenters. The van der Waals surface area contributed by atoms with Crippen molar-refractivity contribution in [1.29, 1.82) is 0 Å². The van der Waals surface area contributed by atoms with Gasteiger partial charge in [-0.3, -0.25) is 9.48 Å². The monoisotopic (exact) mass is 373 g/mol. The van der Waals surface area contributed by atoms with Crippen molar-refractivity contribution in [1.82, 2.24) is 15.1 Å². The van der Waals surface area contributed by atoms with Gasteiger partial charge in [0.05, 0.1) is 11.7 Å². The standard InChI is InChI=1S/C19H20ClN3O3/c1-3-23-11-10-17(22-23)13(2)21-19(24)18-9-8-16(26-18)12-25-15-6-4-14(20)5-7-15/h4-11,13H,3,12H2,1-2H3,(H,21,24). The zero-order valence-electron chi connectivity index (χ0n) is 14.6.